The fourth-order valence-electron chi connectivity index (χ4n) is 1.53. The molecule has 5 heteroatoms. The summed E-state index contributed by atoms with van der Waals surface area (Å²) < 4.78 is 0. The number of hydrogen-bond donors (Lipinski definition) is 3. The van der Waals surface area contributed by atoms with E-state index in [1.807, 2.05) is 0 Å². The summed E-state index contributed by atoms with van der Waals surface area (Å²) in [6, 6.07) is -0.114. The smallest absolute Gasteiger partial charge is 0.314 e. The molecule has 1 saturated carbocycles. The summed E-state index contributed by atoms with van der Waals surface area (Å²) in [5.41, 5.74) is 0.332. The van der Waals surface area contributed by atoms with E-state index in [4.69, 9.17) is 5.11 Å². The van der Waals surface area contributed by atoms with Gasteiger partial charge in [-0.15, -0.1) is 0 Å². The van der Waals surface area contributed by atoms with E-state index in [1.165, 1.54) is 12.8 Å². The van der Waals surface area contributed by atoms with Gasteiger partial charge in [-0.3, -0.25) is 4.79 Å². The first kappa shape index (κ1) is 13.8. The molecule has 0 aliphatic heterocycles. The number of nitrogens with one attached hydrogen (secondary N) is 2. The van der Waals surface area contributed by atoms with Gasteiger partial charge in [-0.25, -0.2) is 4.79 Å². The van der Waals surface area contributed by atoms with Crippen LogP contribution in [0.2, 0.25) is 0 Å². The number of aliphatic carboxylic acids is 1. The molecule has 1 aliphatic rings. The zero-order chi connectivity index (χ0) is 12.7. The number of carbonyl (C=O) groups excluding carboxylic acids is 1. The number of rotatable bonds is 8. The third kappa shape index (κ3) is 6.81. The number of carbonyl (C=O) groups is 2. The van der Waals surface area contributed by atoms with Crippen molar-refractivity contribution in [3.05, 3.63) is 0 Å². The Labute approximate surface area is 102 Å². The molecule has 1 rings (SSSR count). The molecule has 0 aromatic rings. The summed E-state index contributed by atoms with van der Waals surface area (Å²) in [7, 11) is 0. The molecule has 5 nitrogen and oxygen atoms in total. The van der Waals surface area contributed by atoms with Gasteiger partial charge < -0.3 is 15.7 Å². The predicted octanol–water partition coefficient (Wildman–Crippen LogP) is 1.73. The predicted molar refractivity (Wildman–Crippen MR) is 64.8 cm³/mol. The van der Waals surface area contributed by atoms with Crippen molar-refractivity contribution in [3.8, 4) is 0 Å². The van der Waals surface area contributed by atoms with Crippen molar-refractivity contribution in [3.63, 3.8) is 0 Å². The summed E-state index contributed by atoms with van der Waals surface area (Å²) in [5, 5.41) is 14.1. The minimum absolute atomic E-state index is 0.114. The highest BCUT2D eigenvalue weighted by molar-refractivity contribution is 5.73. The second kappa shape index (κ2) is 6.47. The van der Waals surface area contributed by atoms with Crippen LogP contribution in [0.5, 0.6) is 0 Å². The lowest BCUT2D eigenvalue weighted by Gasteiger charge is -2.11. The fourth-order valence-corrected chi connectivity index (χ4v) is 1.53. The van der Waals surface area contributed by atoms with E-state index < -0.39 is 5.97 Å². The zero-order valence-electron chi connectivity index (χ0n) is 10.4. The van der Waals surface area contributed by atoms with Crippen LogP contribution in [0.1, 0.15) is 45.4 Å². The van der Waals surface area contributed by atoms with Crippen LogP contribution in [0, 0.1) is 5.41 Å². The van der Waals surface area contributed by atoms with Crippen molar-refractivity contribution < 1.29 is 14.7 Å². The molecule has 0 atom stereocenters. The van der Waals surface area contributed by atoms with Crippen LogP contribution in [0.15, 0.2) is 0 Å². The maximum atomic E-state index is 11.3. The first-order chi connectivity index (χ1) is 8.02. The zero-order valence-corrected chi connectivity index (χ0v) is 10.4. The van der Waals surface area contributed by atoms with Crippen LogP contribution in [-0.2, 0) is 4.79 Å². The normalized spacial score (nSPS) is 16.3. The molecule has 17 heavy (non-hydrogen) atoms. The number of carboxylic acid groups (broad SMARTS) is 1. The quantitative estimate of drug-likeness (QED) is 0.567. The summed E-state index contributed by atoms with van der Waals surface area (Å²) in [5.74, 6) is -0.756. The van der Waals surface area contributed by atoms with Gasteiger partial charge in [0.2, 0.25) is 0 Å². The molecule has 0 aromatic heterocycles. The van der Waals surface area contributed by atoms with Crippen LogP contribution >= 0.6 is 0 Å². The minimum atomic E-state index is -0.756. The molecule has 1 aliphatic carbocycles. The van der Waals surface area contributed by atoms with Crippen molar-refractivity contribution in [2.75, 3.05) is 13.1 Å². The van der Waals surface area contributed by atoms with Gasteiger partial charge >= 0.3 is 12.0 Å². The molecule has 0 radical (unpaired) electrons. The van der Waals surface area contributed by atoms with Crippen LogP contribution in [0.25, 0.3) is 0 Å². The summed E-state index contributed by atoms with van der Waals surface area (Å²) >= 11 is 0. The number of amides is 2. The standard InChI is InChI=1S/C12H22N2O3/c1-12(6-7-12)9-14-11(17)13-8-4-2-3-5-10(15)16/h2-9H2,1H3,(H,15,16)(H2,13,14,17). The van der Waals surface area contributed by atoms with Crippen LogP contribution in [0.3, 0.4) is 0 Å². The minimum Gasteiger partial charge on any atom is -0.481 e. The molecule has 0 spiro atoms. The van der Waals surface area contributed by atoms with Crippen molar-refractivity contribution in [1.82, 2.24) is 10.6 Å². The van der Waals surface area contributed by atoms with Crippen molar-refractivity contribution in [2.45, 2.75) is 45.4 Å². The number of carboxylic acids is 1. The molecular formula is C12H22N2O3. The largest absolute Gasteiger partial charge is 0.481 e. The number of hydrogen-bond acceptors (Lipinski definition) is 2. The number of unbranched alkanes of at least 4 members (excludes halogenated alkanes) is 2. The molecule has 0 aromatic carbocycles. The molecular weight excluding hydrogens is 220 g/mol. The first-order valence-electron chi connectivity index (χ1n) is 6.25. The Bertz CT molecular complexity index is 275. The highest BCUT2D eigenvalue weighted by Gasteiger charge is 2.37. The van der Waals surface area contributed by atoms with Crippen LogP contribution in [0.4, 0.5) is 4.79 Å². The van der Waals surface area contributed by atoms with E-state index in [9.17, 15) is 9.59 Å². The fraction of sp³-hybridized carbons (Fsp3) is 0.833. The summed E-state index contributed by atoms with van der Waals surface area (Å²) in [6.07, 6.45) is 4.95. The van der Waals surface area contributed by atoms with E-state index in [0.29, 0.717) is 18.4 Å². The molecule has 98 valence electrons. The first-order valence-corrected chi connectivity index (χ1v) is 6.25. The van der Waals surface area contributed by atoms with E-state index >= 15 is 0 Å². The molecule has 1 fully saturated rings. The lowest BCUT2D eigenvalue weighted by Crippen LogP contribution is -2.38. The van der Waals surface area contributed by atoms with Gasteiger partial charge in [0.15, 0.2) is 0 Å². The average Bonchev–Trinajstić information content (AvgIpc) is 2.99. The third-order valence-electron chi connectivity index (χ3n) is 3.13. The molecule has 2 amide bonds. The molecule has 0 heterocycles. The van der Waals surface area contributed by atoms with Gasteiger partial charge in [0, 0.05) is 19.5 Å². The van der Waals surface area contributed by atoms with Gasteiger partial charge in [-0.2, -0.15) is 0 Å². The SMILES string of the molecule is CC1(CNC(=O)NCCCCCC(=O)O)CC1. The average molecular weight is 242 g/mol. The van der Waals surface area contributed by atoms with Gasteiger partial charge in [-0.05, 0) is 31.1 Å². The Morgan fingerprint density at radius 3 is 2.47 bits per heavy atom. The summed E-state index contributed by atoms with van der Waals surface area (Å²) in [4.78, 5) is 21.6. The Morgan fingerprint density at radius 1 is 1.18 bits per heavy atom. The molecule has 0 unspecified atom stereocenters. The van der Waals surface area contributed by atoms with Crippen molar-refractivity contribution in [1.29, 1.82) is 0 Å². The topological polar surface area (TPSA) is 78.4 Å². The van der Waals surface area contributed by atoms with E-state index in [0.717, 1.165) is 19.4 Å². The Kier molecular flexibility index (Phi) is 5.25. The highest BCUT2D eigenvalue weighted by Crippen LogP contribution is 2.43. The van der Waals surface area contributed by atoms with E-state index in [2.05, 4.69) is 17.6 Å². The highest BCUT2D eigenvalue weighted by atomic mass is 16.4. The monoisotopic (exact) mass is 242 g/mol. The van der Waals surface area contributed by atoms with Crippen molar-refractivity contribution in [2.24, 2.45) is 5.41 Å². The van der Waals surface area contributed by atoms with Gasteiger partial charge in [-0.1, -0.05) is 13.3 Å². The van der Waals surface area contributed by atoms with Gasteiger partial charge in [0.25, 0.3) is 0 Å². The summed E-state index contributed by atoms with van der Waals surface area (Å²) in [6.45, 7) is 3.53. The maximum absolute atomic E-state index is 11.3. The molecule has 0 bridgehead atoms. The number of urea groups is 1. The second-order valence-corrected chi connectivity index (χ2v) is 5.12. The van der Waals surface area contributed by atoms with E-state index in [-0.39, 0.29) is 12.5 Å². The Hall–Kier alpha value is -1.26. The Morgan fingerprint density at radius 2 is 1.88 bits per heavy atom. The van der Waals surface area contributed by atoms with Crippen LogP contribution < -0.4 is 10.6 Å². The maximum Gasteiger partial charge on any atom is 0.314 e. The lowest BCUT2D eigenvalue weighted by molar-refractivity contribution is -0.137. The lowest BCUT2D eigenvalue weighted by atomic mass is 10.1. The van der Waals surface area contributed by atoms with Gasteiger partial charge in [0.05, 0.1) is 0 Å². The van der Waals surface area contributed by atoms with Crippen molar-refractivity contribution >= 4 is 12.0 Å². The molecule has 3 N–H and O–H groups in total. The third-order valence-corrected chi connectivity index (χ3v) is 3.13. The Balaban J connectivity index is 1.88. The molecule has 0 saturated heterocycles. The van der Waals surface area contributed by atoms with Gasteiger partial charge in [0.1, 0.15) is 0 Å². The van der Waals surface area contributed by atoms with E-state index in [1.54, 1.807) is 0 Å². The van der Waals surface area contributed by atoms with Crippen LogP contribution in [-0.4, -0.2) is 30.2 Å². The second-order valence-electron chi connectivity index (χ2n) is 5.12.